The molecular formula is C22H22BrClN2O3S2. The molecule has 0 bridgehead atoms. The number of anilines is 1. The van der Waals surface area contributed by atoms with Crippen LogP contribution in [0, 0.1) is 0 Å². The van der Waals surface area contributed by atoms with Crippen LogP contribution in [0.4, 0.5) is 5.13 Å². The maximum absolute atomic E-state index is 13.3. The van der Waals surface area contributed by atoms with E-state index in [9.17, 15) is 8.42 Å². The van der Waals surface area contributed by atoms with Gasteiger partial charge in [-0.2, -0.15) is 0 Å². The lowest BCUT2D eigenvalue weighted by atomic mass is 10.1. The van der Waals surface area contributed by atoms with E-state index >= 15 is 0 Å². The molecule has 4 rings (SSSR count). The summed E-state index contributed by atoms with van der Waals surface area (Å²) in [5.41, 5.74) is 2.17. The normalized spacial score (nSPS) is 15.3. The van der Waals surface area contributed by atoms with Crippen molar-refractivity contribution in [3.63, 3.8) is 0 Å². The van der Waals surface area contributed by atoms with Crippen molar-refractivity contribution in [2.24, 2.45) is 0 Å². The number of aromatic nitrogens is 1. The Bertz CT molecular complexity index is 1160. The molecule has 2 aromatic carbocycles. The van der Waals surface area contributed by atoms with E-state index < -0.39 is 15.1 Å². The molecular weight excluding hydrogens is 520 g/mol. The number of halogens is 2. The second-order valence-electron chi connectivity index (χ2n) is 7.45. The molecule has 0 amide bonds. The number of benzene rings is 2. The minimum atomic E-state index is -3.48. The lowest BCUT2D eigenvalue weighted by Crippen LogP contribution is -2.39. The van der Waals surface area contributed by atoms with Crippen LogP contribution >= 0.6 is 38.9 Å². The Morgan fingerprint density at radius 1 is 1.19 bits per heavy atom. The molecule has 0 unspecified atom stereocenters. The van der Waals surface area contributed by atoms with Crippen LogP contribution < -0.4 is 9.64 Å². The summed E-state index contributed by atoms with van der Waals surface area (Å²) in [6.07, 6.45) is 1.87. The second kappa shape index (κ2) is 9.48. The molecule has 2 heterocycles. The van der Waals surface area contributed by atoms with E-state index in [1.54, 1.807) is 29.5 Å². The number of sulfone groups is 1. The van der Waals surface area contributed by atoms with Gasteiger partial charge in [0.25, 0.3) is 0 Å². The lowest BCUT2D eigenvalue weighted by molar-refractivity contribution is 0.401. The molecule has 0 radical (unpaired) electrons. The van der Waals surface area contributed by atoms with Crippen molar-refractivity contribution in [3.05, 3.63) is 68.6 Å². The Balaban J connectivity index is 1.42. The van der Waals surface area contributed by atoms with Crippen LogP contribution in [0.5, 0.6) is 5.75 Å². The molecule has 3 aromatic rings. The number of hydrogen-bond donors (Lipinski definition) is 0. The highest BCUT2D eigenvalue weighted by Crippen LogP contribution is 2.34. The summed E-state index contributed by atoms with van der Waals surface area (Å²) in [6, 6.07) is 12.9. The minimum absolute atomic E-state index is 0.252. The number of rotatable bonds is 6. The van der Waals surface area contributed by atoms with Gasteiger partial charge in [0.15, 0.2) is 15.0 Å². The molecule has 1 fully saturated rings. The summed E-state index contributed by atoms with van der Waals surface area (Å²) in [5.74, 6) is 0.386. The number of piperidine rings is 1. The number of methoxy groups -OCH3 is 1. The van der Waals surface area contributed by atoms with Gasteiger partial charge in [0.2, 0.25) is 0 Å². The fourth-order valence-corrected chi connectivity index (χ4v) is 7.18. The van der Waals surface area contributed by atoms with Gasteiger partial charge in [-0.3, -0.25) is 0 Å². The van der Waals surface area contributed by atoms with Crippen molar-refractivity contribution in [1.29, 1.82) is 0 Å². The monoisotopic (exact) mass is 540 g/mol. The average Bonchev–Trinajstić information content (AvgIpc) is 3.24. The smallest absolute Gasteiger partial charge is 0.185 e. The summed E-state index contributed by atoms with van der Waals surface area (Å²) in [5, 5.41) is 3.31. The maximum Gasteiger partial charge on any atom is 0.185 e. The van der Waals surface area contributed by atoms with Crippen molar-refractivity contribution in [2.45, 2.75) is 29.4 Å². The summed E-state index contributed by atoms with van der Waals surface area (Å²) < 4.78 is 32.5. The molecule has 9 heteroatoms. The Morgan fingerprint density at radius 3 is 2.58 bits per heavy atom. The molecule has 1 aromatic heterocycles. The predicted octanol–water partition coefficient (Wildman–Crippen LogP) is 5.60. The topological polar surface area (TPSA) is 59.5 Å². The van der Waals surface area contributed by atoms with Gasteiger partial charge in [-0.15, -0.1) is 11.3 Å². The Kier molecular flexibility index (Phi) is 6.91. The number of thiazole rings is 1. The molecule has 0 spiro atoms. The van der Waals surface area contributed by atoms with Crippen molar-refractivity contribution in [2.75, 3.05) is 25.1 Å². The minimum Gasteiger partial charge on any atom is -0.495 e. The van der Waals surface area contributed by atoms with Gasteiger partial charge in [-0.05, 0) is 48.7 Å². The standard InChI is InChI=1S/C22H22BrClN2O3S2/c1-29-20-7-4-16(23)13-21(20)31(27,28)19-8-10-26(11-9-19)22-25-18(14-30-22)12-15-2-5-17(24)6-3-15/h2-7,13-14,19H,8-12H2,1H3. The largest absolute Gasteiger partial charge is 0.495 e. The first-order chi connectivity index (χ1) is 14.9. The molecule has 0 N–H and O–H groups in total. The Morgan fingerprint density at radius 2 is 1.90 bits per heavy atom. The highest BCUT2D eigenvalue weighted by Gasteiger charge is 2.34. The lowest BCUT2D eigenvalue weighted by Gasteiger charge is -2.31. The van der Waals surface area contributed by atoms with E-state index in [-0.39, 0.29) is 4.90 Å². The fraction of sp³-hybridized carbons (Fsp3) is 0.318. The third-order valence-corrected chi connectivity index (χ3v) is 9.40. The zero-order valence-corrected chi connectivity index (χ0v) is 20.9. The summed E-state index contributed by atoms with van der Waals surface area (Å²) >= 11 is 10.9. The Hall–Kier alpha value is -1.61. The van der Waals surface area contributed by atoms with Gasteiger partial charge in [-0.25, -0.2) is 13.4 Å². The third kappa shape index (κ3) is 5.08. The maximum atomic E-state index is 13.3. The predicted molar refractivity (Wildman–Crippen MR) is 129 cm³/mol. The SMILES string of the molecule is COc1ccc(Br)cc1S(=O)(=O)C1CCN(c2nc(Cc3ccc(Cl)cc3)cs2)CC1. The molecule has 0 aliphatic carbocycles. The highest BCUT2D eigenvalue weighted by atomic mass is 79.9. The van der Waals surface area contributed by atoms with Crippen molar-refractivity contribution < 1.29 is 13.2 Å². The van der Waals surface area contributed by atoms with Gasteiger partial charge in [0.1, 0.15) is 10.6 Å². The number of hydrogen-bond acceptors (Lipinski definition) is 6. The van der Waals surface area contributed by atoms with Crippen LogP contribution in [0.2, 0.25) is 5.02 Å². The van der Waals surface area contributed by atoms with E-state index in [0.717, 1.165) is 32.3 Å². The first-order valence-corrected chi connectivity index (χ1v) is 13.5. The molecule has 164 valence electrons. The number of nitrogens with zero attached hydrogens (tertiary/aromatic N) is 2. The van der Waals surface area contributed by atoms with Crippen LogP contribution in [0.15, 0.2) is 57.2 Å². The molecule has 0 saturated carbocycles. The van der Waals surface area contributed by atoms with Crippen LogP contribution in [-0.2, 0) is 16.3 Å². The first kappa shape index (κ1) is 22.6. The van der Waals surface area contributed by atoms with Gasteiger partial charge >= 0.3 is 0 Å². The van der Waals surface area contributed by atoms with Crippen molar-refractivity contribution in [3.8, 4) is 5.75 Å². The molecule has 5 nitrogen and oxygen atoms in total. The van der Waals surface area contributed by atoms with Crippen LogP contribution in [0.25, 0.3) is 0 Å². The fourth-order valence-electron chi connectivity index (χ4n) is 3.74. The second-order valence-corrected chi connectivity index (χ2v) is 11.8. The van der Waals surface area contributed by atoms with Crippen molar-refractivity contribution >= 4 is 53.8 Å². The van der Waals surface area contributed by atoms with Gasteiger partial charge in [-0.1, -0.05) is 39.7 Å². The summed E-state index contributed by atoms with van der Waals surface area (Å²) in [4.78, 5) is 7.20. The first-order valence-electron chi connectivity index (χ1n) is 9.88. The van der Waals surface area contributed by atoms with E-state index in [4.69, 9.17) is 21.3 Å². The summed E-state index contributed by atoms with van der Waals surface area (Å²) in [6.45, 7) is 1.32. The van der Waals surface area contributed by atoms with Gasteiger partial charge < -0.3 is 9.64 Å². The highest BCUT2D eigenvalue weighted by molar-refractivity contribution is 9.10. The Labute approximate surface area is 200 Å². The zero-order valence-electron chi connectivity index (χ0n) is 16.9. The third-order valence-electron chi connectivity index (χ3n) is 5.42. The van der Waals surface area contributed by atoms with Gasteiger partial charge in [0, 0.05) is 34.4 Å². The molecule has 31 heavy (non-hydrogen) atoms. The van der Waals surface area contributed by atoms with E-state index in [2.05, 4.69) is 26.2 Å². The number of ether oxygens (including phenoxy) is 1. The molecule has 0 atom stereocenters. The summed E-state index contributed by atoms with van der Waals surface area (Å²) in [7, 11) is -1.99. The van der Waals surface area contributed by atoms with Gasteiger partial charge in [0.05, 0.1) is 18.1 Å². The van der Waals surface area contributed by atoms with E-state index in [1.165, 1.54) is 7.11 Å². The van der Waals surface area contributed by atoms with Crippen LogP contribution in [0.3, 0.4) is 0 Å². The van der Waals surface area contributed by atoms with E-state index in [0.29, 0.717) is 31.7 Å². The zero-order chi connectivity index (χ0) is 22.0. The van der Waals surface area contributed by atoms with E-state index in [1.807, 2.05) is 24.3 Å². The quantitative estimate of drug-likeness (QED) is 0.406. The molecule has 1 saturated heterocycles. The molecule has 1 aliphatic heterocycles. The average molecular weight is 542 g/mol. The van der Waals surface area contributed by atoms with Crippen LogP contribution in [-0.4, -0.2) is 38.9 Å². The van der Waals surface area contributed by atoms with Crippen molar-refractivity contribution in [1.82, 2.24) is 4.98 Å². The molecule has 1 aliphatic rings. The van der Waals surface area contributed by atoms with Crippen LogP contribution in [0.1, 0.15) is 24.1 Å².